The third kappa shape index (κ3) is 5.14. The molecule has 1 aromatic rings. The Hall–Kier alpha value is -1.56. The number of carbonyl (C=O) groups excluding carboxylic acids is 1. The first kappa shape index (κ1) is 25.1. The molecule has 4 nitrogen and oxygen atoms in total. The normalized spacial score (nSPS) is 34.6. The molecule has 1 aromatic heterocycles. The number of nitrogens with zero attached hydrogens (tertiary/aromatic N) is 2. The molecule has 0 bridgehead atoms. The van der Waals surface area contributed by atoms with Crippen LogP contribution >= 0.6 is 0 Å². The lowest BCUT2D eigenvalue weighted by Gasteiger charge is -2.37. The number of alkyl halides is 2. The fourth-order valence-corrected chi connectivity index (χ4v) is 7.46. The van der Waals surface area contributed by atoms with Crippen molar-refractivity contribution in [1.82, 2.24) is 9.88 Å². The van der Waals surface area contributed by atoms with Crippen LogP contribution in [0.4, 0.5) is 8.78 Å². The third-order valence-corrected chi connectivity index (χ3v) is 9.60. The second kappa shape index (κ2) is 9.72. The van der Waals surface area contributed by atoms with Crippen LogP contribution < -0.4 is 0 Å². The van der Waals surface area contributed by atoms with E-state index in [-0.39, 0.29) is 16.9 Å². The van der Waals surface area contributed by atoms with E-state index in [2.05, 4.69) is 18.8 Å². The minimum atomic E-state index is -2.90. The van der Waals surface area contributed by atoms with Gasteiger partial charge in [-0.1, -0.05) is 20.3 Å². The molecule has 3 saturated carbocycles. The average molecular weight is 489 g/mol. The molecule has 4 fully saturated rings. The summed E-state index contributed by atoms with van der Waals surface area (Å²) in [5, 5.41) is 0. The van der Waals surface area contributed by atoms with Gasteiger partial charge in [-0.25, -0.2) is 8.78 Å². The molecule has 1 saturated heterocycles. The molecule has 6 heteroatoms. The van der Waals surface area contributed by atoms with Gasteiger partial charge in [0.1, 0.15) is 0 Å². The molecule has 35 heavy (non-hydrogen) atoms. The molecule has 0 aromatic carbocycles. The first-order chi connectivity index (χ1) is 16.7. The number of hydrogen-bond donors (Lipinski definition) is 0. The Balaban J connectivity index is 0.000000211. The Kier molecular flexibility index (Phi) is 6.97. The number of hydrogen-bond acceptors (Lipinski definition) is 3. The van der Waals surface area contributed by atoms with Gasteiger partial charge in [-0.05, 0) is 86.2 Å². The summed E-state index contributed by atoms with van der Waals surface area (Å²) in [6, 6.07) is 1.54. The minimum absolute atomic E-state index is 0.0630. The van der Waals surface area contributed by atoms with Crippen molar-refractivity contribution in [3.8, 4) is 0 Å². The van der Waals surface area contributed by atoms with E-state index in [4.69, 9.17) is 4.74 Å². The number of amides is 1. The largest absolute Gasteiger partial charge is 0.381 e. The first-order valence-corrected chi connectivity index (χ1v) is 13.9. The highest BCUT2D eigenvalue weighted by Crippen LogP contribution is 2.57. The molecule has 3 heterocycles. The van der Waals surface area contributed by atoms with Gasteiger partial charge >= 0.3 is 0 Å². The third-order valence-electron chi connectivity index (χ3n) is 9.60. The summed E-state index contributed by atoms with van der Waals surface area (Å²) in [4.78, 5) is 19.5. The molecular formula is C29H42F2N2O2. The number of aromatic nitrogens is 1. The van der Waals surface area contributed by atoms with Crippen LogP contribution in [-0.4, -0.2) is 35.5 Å². The zero-order valence-corrected chi connectivity index (χ0v) is 21.7. The molecule has 6 rings (SSSR count). The standard InChI is InChI=1S/C20H26F2N2O.C9H16O/c1-13-8-15-4-3-6-20(15,10-13)18(25)24-7-5-17-14(12-24)9-16(11-23-17)19(2,21)22;1-7-4-5-10-6-9(7)8-2-3-8/h9,11,13,15H,3-8,10,12H2,1-2H3;7-9H,2-6H2,1H3/t;7-,9?/m.1/s1. The van der Waals surface area contributed by atoms with Crippen molar-refractivity contribution < 1.29 is 18.3 Å². The molecule has 4 unspecified atom stereocenters. The van der Waals surface area contributed by atoms with E-state index in [0.29, 0.717) is 31.3 Å². The second-order valence-electron chi connectivity index (χ2n) is 12.3. The molecule has 0 N–H and O–H groups in total. The Morgan fingerprint density at radius 2 is 2.03 bits per heavy atom. The maximum absolute atomic E-state index is 13.6. The van der Waals surface area contributed by atoms with Gasteiger partial charge in [-0.3, -0.25) is 9.78 Å². The van der Waals surface area contributed by atoms with Crippen molar-refractivity contribution in [3.05, 3.63) is 29.1 Å². The van der Waals surface area contributed by atoms with Gasteiger partial charge in [-0.2, -0.15) is 0 Å². The van der Waals surface area contributed by atoms with Crippen LogP contribution in [-0.2, 0) is 28.4 Å². The zero-order chi connectivity index (χ0) is 24.8. The summed E-state index contributed by atoms with van der Waals surface area (Å²) < 4.78 is 32.7. The Labute approximate surface area is 209 Å². The van der Waals surface area contributed by atoms with Crippen molar-refractivity contribution in [2.75, 3.05) is 19.8 Å². The minimum Gasteiger partial charge on any atom is -0.381 e. The van der Waals surface area contributed by atoms with Crippen molar-refractivity contribution >= 4 is 5.91 Å². The van der Waals surface area contributed by atoms with Crippen molar-refractivity contribution in [3.63, 3.8) is 0 Å². The number of rotatable bonds is 3. The van der Waals surface area contributed by atoms with Gasteiger partial charge in [0, 0.05) is 57.1 Å². The number of pyridine rings is 1. The lowest BCUT2D eigenvalue weighted by Crippen LogP contribution is -2.46. The summed E-state index contributed by atoms with van der Waals surface area (Å²) >= 11 is 0. The number of ether oxygens (including phenoxy) is 1. The lowest BCUT2D eigenvalue weighted by molar-refractivity contribution is -0.144. The summed E-state index contributed by atoms with van der Waals surface area (Å²) in [6.07, 6.45) is 11.6. The molecule has 0 radical (unpaired) electrons. The Morgan fingerprint density at radius 3 is 2.74 bits per heavy atom. The summed E-state index contributed by atoms with van der Waals surface area (Å²) in [7, 11) is 0. The van der Waals surface area contributed by atoms with Crippen LogP contribution in [0.5, 0.6) is 0 Å². The van der Waals surface area contributed by atoms with E-state index in [1.807, 2.05) is 4.90 Å². The molecule has 194 valence electrons. The van der Waals surface area contributed by atoms with Crippen LogP contribution in [0.3, 0.4) is 0 Å². The van der Waals surface area contributed by atoms with Crippen LogP contribution in [0.25, 0.3) is 0 Å². The van der Waals surface area contributed by atoms with Crippen molar-refractivity contribution in [2.45, 2.75) is 91.0 Å². The Bertz CT molecular complexity index is 928. The van der Waals surface area contributed by atoms with Gasteiger partial charge in [0.25, 0.3) is 5.92 Å². The number of carbonyl (C=O) groups is 1. The van der Waals surface area contributed by atoms with Gasteiger partial charge in [0.2, 0.25) is 5.91 Å². The fourth-order valence-electron chi connectivity index (χ4n) is 7.46. The molecule has 5 atom stereocenters. The smallest absolute Gasteiger partial charge is 0.272 e. The van der Waals surface area contributed by atoms with E-state index in [0.717, 1.165) is 81.3 Å². The first-order valence-electron chi connectivity index (χ1n) is 13.9. The van der Waals surface area contributed by atoms with Crippen molar-refractivity contribution in [1.29, 1.82) is 0 Å². The lowest BCUT2D eigenvalue weighted by atomic mass is 9.78. The van der Waals surface area contributed by atoms with E-state index >= 15 is 0 Å². The van der Waals surface area contributed by atoms with Crippen LogP contribution in [0.1, 0.15) is 89.0 Å². The van der Waals surface area contributed by atoms with Crippen molar-refractivity contribution in [2.24, 2.45) is 35.0 Å². The van der Waals surface area contributed by atoms with Gasteiger partial charge < -0.3 is 9.64 Å². The molecule has 3 aliphatic carbocycles. The fraction of sp³-hybridized carbons (Fsp3) is 0.793. The second-order valence-corrected chi connectivity index (χ2v) is 12.3. The monoisotopic (exact) mass is 488 g/mol. The maximum Gasteiger partial charge on any atom is 0.272 e. The molecule has 0 spiro atoms. The summed E-state index contributed by atoms with van der Waals surface area (Å²) in [5.74, 6) is 1.37. The van der Waals surface area contributed by atoms with E-state index in [9.17, 15) is 13.6 Å². The molecule has 5 aliphatic rings. The quantitative estimate of drug-likeness (QED) is 0.497. The van der Waals surface area contributed by atoms with Crippen LogP contribution in [0.15, 0.2) is 12.3 Å². The topological polar surface area (TPSA) is 42.4 Å². The number of halogens is 2. The van der Waals surface area contributed by atoms with E-state index in [1.54, 1.807) is 6.07 Å². The molecular weight excluding hydrogens is 446 g/mol. The molecule has 2 aliphatic heterocycles. The highest BCUT2D eigenvalue weighted by atomic mass is 19.3. The zero-order valence-electron chi connectivity index (χ0n) is 21.7. The predicted molar refractivity (Wildman–Crippen MR) is 132 cm³/mol. The van der Waals surface area contributed by atoms with Gasteiger partial charge in [-0.15, -0.1) is 0 Å². The van der Waals surface area contributed by atoms with Gasteiger partial charge in [0.05, 0.1) is 5.41 Å². The summed E-state index contributed by atoms with van der Waals surface area (Å²) in [6.45, 7) is 8.65. The van der Waals surface area contributed by atoms with Gasteiger partial charge in [0.15, 0.2) is 0 Å². The van der Waals surface area contributed by atoms with E-state index < -0.39 is 5.92 Å². The predicted octanol–water partition coefficient (Wildman–Crippen LogP) is 6.36. The Morgan fingerprint density at radius 1 is 1.23 bits per heavy atom. The highest BCUT2D eigenvalue weighted by Gasteiger charge is 2.55. The molecule has 1 amide bonds. The average Bonchev–Trinajstić information content (AvgIpc) is 3.51. The SMILES string of the molecule is CC1CC2CCCC2(C(=O)N2CCc3ncc(C(C)(F)F)cc3C2)C1.C[C@@H]1CCOCC1C1CC1. The summed E-state index contributed by atoms with van der Waals surface area (Å²) in [5.41, 5.74) is 1.40. The number of fused-ring (bicyclic) bond motifs is 2. The van der Waals surface area contributed by atoms with Crippen LogP contribution in [0, 0.1) is 35.0 Å². The van der Waals surface area contributed by atoms with E-state index in [1.165, 1.54) is 25.5 Å². The van der Waals surface area contributed by atoms with Crippen LogP contribution in [0.2, 0.25) is 0 Å². The highest BCUT2D eigenvalue weighted by molar-refractivity contribution is 5.84. The maximum atomic E-state index is 13.6.